The van der Waals surface area contributed by atoms with Crippen molar-refractivity contribution in [2.24, 2.45) is 0 Å². The predicted molar refractivity (Wildman–Crippen MR) is 63.3 cm³/mol. The molecule has 0 N–H and O–H groups in total. The first kappa shape index (κ1) is 8.49. The molecule has 0 saturated heterocycles. The highest BCUT2D eigenvalue weighted by Crippen LogP contribution is 2.30. The molecule has 0 heteroatoms. The molecule has 0 amide bonds. The van der Waals surface area contributed by atoms with Crippen molar-refractivity contribution in [1.29, 1.82) is 0 Å². The summed E-state index contributed by atoms with van der Waals surface area (Å²) < 4.78 is 0. The molecule has 0 nitrogen and oxygen atoms in total. The molecule has 2 aromatic carbocycles. The maximum atomic E-state index is 3.27. The average Bonchev–Trinajstić information content (AvgIpc) is 2.74. The molecule has 0 fully saturated rings. The lowest BCUT2D eigenvalue weighted by Crippen LogP contribution is -1.84. The van der Waals surface area contributed by atoms with E-state index in [0.29, 0.717) is 0 Å². The molecule has 0 unspecified atom stereocenters. The number of hydrogen-bond donors (Lipinski definition) is 0. The van der Waals surface area contributed by atoms with Crippen LogP contribution >= 0.6 is 0 Å². The van der Waals surface area contributed by atoms with Gasteiger partial charge < -0.3 is 0 Å². The van der Waals surface area contributed by atoms with Gasteiger partial charge in [-0.3, -0.25) is 0 Å². The van der Waals surface area contributed by atoms with Crippen LogP contribution in [-0.2, 0) is 6.42 Å². The highest BCUT2D eigenvalue weighted by atomic mass is 14.2. The fraction of sp³-hybridized carbons (Fsp3) is 0.0667. The van der Waals surface area contributed by atoms with E-state index in [1.807, 2.05) is 6.07 Å². The Balaban J connectivity index is 2.02. The van der Waals surface area contributed by atoms with Gasteiger partial charge in [0.2, 0.25) is 0 Å². The summed E-state index contributed by atoms with van der Waals surface area (Å²) in [5, 5.41) is 0. The van der Waals surface area contributed by atoms with E-state index in [0.717, 1.165) is 6.42 Å². The Bertz CT molecular complexity index is 507. The van der Waals surface area contributed by atoms with Gasteiger partial charge in [-0.15, -0.1) is 0 Å². The lowest BCUT2D eigenvalue weighted by atomic mass is 10.0. The van der Waals surface area contributed by atoms with Crippen molar-refractivity contribution in [3.05, 3.63) is 71.3 Å². The normalized spacial score (nSPS) is 13.5. The van der Waals surface area contributed by atoms with E-state index in [4.69, 9.17) is 0 Å². The largest absolute Gasteiger partial charge is 0.0622 e. The summed E-state index contributed by atoms with van der Waals surface area (Å²) in [7, 11) is 0. The van der Waals surface area contributed by atoms with Crippen LogP contribution in [0, 0.1) is 6.07 Å². The maximum absolute atomic E-state index is 3.27. The Hall–Kier alpha value is -1.82. The summed E-state index contributed by atoms with van der Waals surface area (Å²) in [6.45, 7) is 0. The number of fused-ring (bicyclic) bond motifs is 1. The van der Waals surface area contributed by atoms with E-state index in [9.17, 15) is 0 Å². The first-order valence-corrected chi connectivity index (χ1v) is 5.19. The number of hydrogen-bond acceptors (Lipinski definition) is 0. The zero-order valence-electron chi connectivity index (χ0n) is 8.40. The minimum atomic E-state index is 1.04. The van der Waals surface area contributed by atoms with E-state index >= 15 is 0 Å². The number of allylic oxidation sites excluding steroid dienone is 1. The molecule has 0 atom stereocenters. The molecule has 1 radical (unpaired) electrons. The average molecular weight is 191 g/mol. The monoisotopic (exact) mass is 191 g/mol. The Kier molecular flexibility index (Phi) is 1.92. The Labute approximate surface area is 89.9 Å². The van der Waals surface area contributed by atoms with Crippen LogP contribution in [0.1, 0.15) is 16.7 Å². The Morgan fingerprint density at radius 1 is 0.933 bits per heavy atom. The van der Waals surface area contributed by atoms with E-state index in [2.05, 4.69) is 54.6 Å². The standard InChI is InChI=1S/C15H11/c1-2-6-12(7-3-1)15-10-13-8-4-5-9-14(13)11-15/h1-8,11H,10H2. The van der Waals surface area contributed by atoms with Crippen LogP contribution in [0.15, 0.2) is 48.5 Å². The third-order valence-corrected chi connectivity index (χ3v) is 2.82. The van der Waals surface area contributed by atoms with E-state index < -0.39 is 0 Å². The molecular formula is C15H11. The van der Waals surface area contributed by atoms with E-state index in [-0.39, 0.29) is 0 Å². The van der Waals surface area contributed by atoms with Gasteiger partial charge in [0.15, 0.2) is 0 Å². The molecule has 1 aliphatic carbocycles. The fourth-order valence-electron chi connectivity index (χ4n) is 2.04. The lowest BCUT2D eigenvalue weighted by molar-refractivity contribution is 1.31. The molecule has 0 saturated carbocycles. The summed E-state index contributed by atoms with van der Waals surface area (Å²) in [5.41, 5.74) is 5.35. The van der Waals surface area contributed by atoms with Crippen molar-refractivity contribution in [3.63, 3.8) is 0 Å². The molecule has 0 heterocycles. The first-order chi connectivity index (χ1) is 7.43. The van der Waals surface area contributed by atoms with Gasteiger partial charge in [0.1, 0.15) is 0 Å². The highest BCUT2D eigenvalue weighted by Gasteiger charge is 2.12. The van der Waals surface area contributed by atoms with Crippen LogP contribution in [0.2, 0.25) is 0 Å². The van der Waals surface area contributed by atoms with Gasteiger partial charge in [0.05, 0.1) is 0 Å². The summed E-state index contributed by atoms with van der Waals surface area (Å²) in [6.07, 6.45) is 3.28. The lowest BCUT2D eigenvalue weighted by Gasteiger charge is -2.00. The van der Waals surface area contributed by atoms with Crippen LogP contribution < -0.4 is 0 Å². The molecule has 2 aromatic rings. The van der Waals surface area contributed by atoms with Crippen molar-refractivity contribution in [3.8, 4) is 0 Å². The number of rotatable bonds is 1. The molecule has 71 valence electrons. The predicted octanol–water partition coefficient (Wildman–Crippen LogP) is 3.58. The van der Waals surface area contributed by atoms with Gasteiger partial charge in [-0.2, -0.15) is 0 Å². The smallest absolute Gasteiger partial charge is 0.00135 e. The molecule has 15 heavy (non-hydrogen) atoms. The summed E-state index contributed by atoms with van der Waals surface area (Å²) in [5.74, 6) is 0. The van der Waals surface area contributed by atoms with Gasteiger partial charge in [-0.1, -0.05) is 48.5 Å². The summed E-state index contributed by atoms with van der Waals surface area (Å²) in [6, 6.07) is 20.0. The van der Waals surface area contributed by atoms with Crippen LogP contribution in [0.4, 0.5) is 0 Å². The molecule has 0 spiro atoms. The fourth-order valence-corrected chi connectivity index (χ4v) is 2.04. The minimum Gasteiger partial charge on any atom is -0.0622 e. The van der Waals surface area contributed by atoms with Gasteiger partial charge in [0.25, 0.3) is 0 Å². The Morgan fingerprint density at radius 2 is 1.80 bits per heavy atom. The third-order valence-electron chi connectivity index (χ3n) is 2.82. The Morgan fingerprint density at radius 3 is 2.60 bits per heavy atom. The van der Waals surface area contributed by atoms with E-state index in [1.54, 1.807) is 0 Å². The second-order valence-corrected chi connectivity index (χ2v) is 3.82. The van der Waals surface area contributed by atoms with Crippen LogP contribution in [0.25, 0.3) is 11.6 Å². The zero-order chi connectivity index (χ0) is 10.1. The third kappa shape index (κ3) is 1.48. The second-order valence-electron chi connectivity index (χ2n) is 3.82. The van der Waals surface area contributed by atoms with Crippen molar-refractivity contribution >= 4 is 11.6 Å². The van der Waals surface area contributed by atoms with Crippen molar-refractivity contribution in [1.82, 2.24) is 0 Å². The van der Waals surface area contributed by atoms with Crippen LogP contribution in [0.5, 0.6) is 0 Å². The van der Waals surface area contributed by atoms with Crippen molar-refractivity contribution in [2.45, 2.75) is 6.42 Å². The molecular weight excluding hydrogens is 180 g/mol. The van der Waals surface area contributed by atoms with Gasteiger partial charge >= 0.3 is 0 Å². The minimum absolute atomic E-state index is 1.04. The van der Waals surface area contributed by atoms with Crippen molar-refractivity contribution < 1.29 is 0 Å². The maximum Gasteiger partial charge on any atom is -0.00135 e. The molecule has 1 aliphatic rings. The van der Waals surface area contributed by atoms with Gasteiger partial charge in [-0.25, -0.2) is 0 Å². The number of benzene rings is 2. The SMILES string of the molecule is [c]1cccc2c1C=C(c1ccccc1)C2. The summed E-state index contributed by atoms with van der Waals surface area (Å²) >= 11 is 0. The molecule has 0 aromatic heterocycles. The summed E-state index contributed by atoms with van der Waals surface area (Å²) in [4.78, 5) is 0. The van der Waals surface area contributed by atoms with Gasteiger partial charge in [0, 0.05) is 0 Å². The quantitative estimate of drug-likeness (QED) is 0.646. The zero-order valence-corrected chi connectivity index (χ0v) is 8.40. The van der Waals surface area contributed by atoms with E-state index in [1.165, 1.54) is 22.3 Å². The molecule has 0 bridgehead atoms. The topological polar surface area (TPSA) is 0 Å². The van der Waals surface area contributed by atoms with Crippen molar-refractivity contribution in [2.75, 3.05) is 0 Å². The first-order valence-electron chi connectivity index (χ1n) is 5.19. The van der Waals surface area contributed by atoms with Gasteiger partial charge in [-0.05, 0) is 40.8 Å². The highest BCUT2D eigenvalue weighted by molar-refractivity contribution is 5.88. The van der Waals surface area contributed by atoms with Crippen LogP contribution in [-0.4, -0.2) is 0 Å². The molecule has 0 aliphatic heterocycles. The molecule has 3 rings (SSSR count). The van der Waals surface area contributed by atoms with Crippen LogP contribution in [0.3, 0.4) is 0 Å². The second kappa shape index (κ2) is 3.39.